The van der Waals surface area contributed by atoms with E-state index in [1.807, 2.05) is 11.9 Å². The van der Waals surface area contributed by atoms with E-state index in [0.717, 1.165) is 30.5 Å². The van der Waals surface area contributed by atoms with Crippen molar-refractivity contribution in [3.63, 3.8) is 0 Å². The van der Waals surface area contributed by atoms with E-state index in [2.05, 4.69) is 51.9 Å². The summed E-state index contributed by atoms with van der Waals surface area (Å²) in [6.07, 6.45) is 6.25. The van der Waals surface area contributed by atoms with Gasteiger partial charge in [0.25, 0.3) is 0 Å². The molecule has 22 heteroatoms. The van der Waals surface area contributed by atoms with Crippen molar-refractivity contribution in [2.24, 2.45) is 0 Å². The fourth-order valence-electron chi connectivity index (χ4n) is 12.2. The lowest BCUT2D eigenvalue weighted by atomic mass is 9.95. The molecule has 0 aliphatic carbocycles. The number of carbonyl (C=O) groups excluding carboxylic acids is 2. The molecular formula is C56H64ClF3N14O4. The van der Waals surface area contributed by atoms with Crippen molar-refractivity contribution in [2.45, 2.75) is 88.1 Å². The van der Waals surface area contributed by atoms with Gasteiger partial charge in [-0.15, -0.1) is 0 Å². The van der Waals surface area contributed by atoms with E-state index in [1.54, 1.807) is 39.0 Å². The maximum Gasteiger partial charge on any atom is 0.318 e. The molecule has 6 aliphatic heterocycles. The van der Waals surface area contributed by atoms with Crippen LogP contribution in [-0.4, -0.2) is 168 Å². The Morgan fingerprint density at radius 2 is 1.24 bits per heavy atom. The second kappa shape index (κ2) is 23.4. The highest BCUT2D eigenvalue weighted by Crippen LogP contribution is 2.40. The third-order valence-corrected chi connectivity index (χ3v) is 16.9. The first kappa shape index (κ1) is 54.2. The van der Waals surface area contributed by atoms with Crippen LogP contribution in [0.2, 0.25) is 5.02 Å². The van der Waals surface area contributed by atoms with Gasteiger partial charge in [0, 0.05) is 88.0 Å². The summed E-state index contributed by atoms with van der Waals surface area (Å²) in [6.45, 7) is 13.0. The molecule has 410 valence electrons. The third kappa shape index (κ3) is 11.0. The van der Waals surface area contributed by atoms with E-state index in [9.17, 15) is 24.5 Å². The summed E-state index contributed by atoms with van der Waals surface area (Å²) in [6, 6.07) is 12.0. The van der Waals surface area contributed by atoms with Crippen LogP contribution in [0, 0.1) is 40.1 Å². The number of piperazine rings is 2. The standard InChI is InChI=1S/C56H64ClF3N14O4/c1-5-48(75)73-25-23-71(29-36(73)14-18-61)53-41-16-21-69(46-11-7-10-43(58)50(46)57)31-44(41)63-56(66-53)78-34-39-27-35(28-68(39)4)40-12-13-47(52(60)51(40)59)70-22-17-42-45(32-70)64-55(77-33-38-9-8-20-67(38)3)65-54(42)72-24-26-74(49(76)6-2)37(30-72)15-19-62/h5-7,10-13,35-39H,1-2,8-9,14-17,20-34H2,3-4H3/t35?,36-,37-,38-,39-/m0/s1. The summed E-state index contributed by atoms with van der Waals surface area (Å²) in [4.78, 5) is 60.8. The summed E-state index contributed by atoms with van der Waals surface area (Å²) in [7, 11) is 3.99. The molecule has 2 aromatic carbocycles. The number of benzene rings is 2. The number of likely N-dealkylation sites (N-methyl/N-ethyl adjacent to an activating group) is 2. The molecule has 0 saturated carbocycles. The summed E-state index contributed by atoms with van der Waals surface area (Å²) in [5.41, 5.74) is 4.00. The molecule has 18 nitrogen and oxygen atoms in total. The van der Waals surface area contributed by atoms with Gasteiger partial charge in [0.05, 0.1) is 77.9 Å². The topological polar surface area (TPSA) is 178 Å². The normalized spacial score (nSPS) is 22.6. The van der Waals surface area contributed by atoms with Crippen molar-refractivity contribution >= 4 is 46.4 Å². The SMILES string of the molecule is C=CC(=O)N1CCN(c2nc(OC[C@@H]3CCCN3C)nc3c2CCN(c2ccc(C4C[C@@H](COc5nc6c(c(N7CCN(C(=O)C=C)[C@@H](CC#N)C7)n5)CCN(c5cccc(F)c5Cl)C6)N(C)C4)c(F)c2F)C3)C[C@@H]1CC#N. The van der Waals surface area contributed by atoms with Gasteiger partial charge in [0.1, 0.15) is 30.7 Å². The Morgan fingerprint density at radius 1 is 0.679 bits per heavy atom. The molecular weight excluding hydrogens is 1030 g/mol. The molecule has 1 unspecified atom stereocenters. The first-order chi connectivity index (χ1) is 37.8. The van der Waals surface area contributed by atoms with Gasteiger partial charge in [-0.2, -0.15) is 30.5 Å². The fraction of sp³-hybridized carbons (Fsp3) is 0.500. The van der Waals surface area contributed by atoms with Gasteiger partial charge in [-0.25, -0.2) is 13.2 Å². The average molecular weight is 1090 g/mol. The second-order valence-corrected chi connectivity index (χ2v) is 21.4. The molecule has 6 aliphatic rings. The molecule has 0 bridgehead atoms. The van der Waals surface area contributed by atoms with Crippen molar-refractivity contribution in [3.8, 4) is 24.2 Å². The second-order valence-electron chi connectivity index (χ2n) is 21.0. The maximum atomic E-state index is 16.6. The van der Waals surface area contributed by atoms with Crippen LogP contribution < -0.4 is 29.1 Å². The quantitative estimate of drug-likeness (QED) is 0.126. The van der Waals surface area contributed by atoms with Gasteiger partial charge in [0.2, 0.25) is 11.8 Å². The van der Waals surface area contributed by atoms with Crippen LogP contribution in [0.3, 0.4) is 0 Å². The van der Waals surface area contributed by atoms with Gasteiger partial charge < -0.3 is 43.8 Å². The van der Waals surface area contributed by atoms with Crippen LogP contribution in [-0.2, 0) is 35.5 Å². The molecule has 5 atom stereocenters. The summed E-state index contributed by atoms with van der Waals surface area (Å²) < 4.78 is 60.7. The predicted molar refractivity (Wildman–Crippen MR) is 288 cm³/mol. The number of nitrogens with zero attached hydrogens (tertiary/aromatic N) is 14. The van der Waals surface area contributed by atoms with Gasteiger partial charge >= 0.3 is 12.0 Å². The highest BCUT2D eigenvalue weighted by molar-refractivity contribution is 6.33. The zero-order valence-corrected chi connectivity index (χ0v) is 44.9. The first-order valence-corrected chi connectivity index (χ1v) is 27.1. The van der Waals surface area contributed by atoms with Crippen molar-refractivity contribution in [1.82, 2.24) is 39.5 Å². The van der Waals surface area contributed by atoms with Crippen molar-refractivity contribution in [1.29, 1.82) is 10.5 Å². The van der Waals surface area contributed by atoms with Gasteiger partial charge in [0.15, 0.2) is 11.6 Å². The number of anilines is 4. The Bertz CT molecular complexity index is 3050. The number of carbonyl (C=O) groups is 2. The Labute approximate surface area is 457 Å². The number of hydrogen-bond donors (Lipinski definition) is 0. The van der Waals surface area contributed by atoms with Crippen molar-refractivity contribution in [3.05, 3.63) is 106 Å². The summed E-state index contributed by atoms with van der Waals surface area (Å²) >= 11 is 6.46. The summed E-state index contributed by atoms with van der Waals surface area (Å²) in [5, 5.41) is 19.4. The lowest BCUT2D eigenvalue weighted by Crippen LogP contribution is -2.55. The maximum absolute atomic E-state index is 16.6. The van der Waals surface area contributed by atoms with Gasteiger partial charge in [-0.1, -0.05) is 36.9 Å². The van der Waals surface area contributed by atoms with Crippen LogP contribution in [0.5, 0.6) is 12.0 Å². The minimum absolute atomic E-state index is 0.0157. The molecule has 10 rings (SSSR count). The van der Waals surface area contributed by atoms with E-state index in [4.69, 9.17) is 41.0 Å². The molecule has 8 heterocycles. The van der Waals surface area contributed by atoms with E-state index in [0.29, 0.717) is 120 Å². The highest BCUT2D eigenvalue weighted by Gasteiger charge is 2.38. The number of rotatable bonds is 15. The molecule has 4 saturated heterocycles. The number of fused-ring (bicyclic) bond motifs is 2. The average Bonchev–Trinajstić information content (AvgIpc) is 4.06. The number of ether oxygens (including phenoxy) is 2. The number of halogens is 4. The minimum Gasteiger partial charge on any atom is -0.462 e. The van der Waals surface area contributed by atoms with E-state index in [1.165, 1.54) is 18.2 Å². The van der Waals surface area contributed by atoms with Gasteiger partial charge in [-0.05, 0) is 88.7 Å². The molecule has 2 aromatic heterocycles. The molecule has 4 fully saturated rings. The Kier molecular flexibility index (Phi) is 16.3. The molecule has 0 radical (unpaired) electrons. The Balaban J connectivity index is 0.859. The Hall–Kier alpha value is -7.20. The minimum atomic E-state index is -0.939. The number of amides is 2. The van der Waals surface area contributed by atoms with E-state index in [-0.39, 0.29) is 90.1 Å². The zero-order chi connectivity index (χ0) is 54.8. The molecule has 4 aromatic rings. The number of likely N-dealkylation sites (tertiary alicyclic amines) is 2. The van der Waals surface area contributed by atoms with Crippen LogP contribution in [0.4, 0.5) is 36.2 Å². The molecule has 0 N–H and O–H groups in total. The monoisotopic (exact) mass is 1090 g/mol. The van der Waals surface area contributed by atoms with Gasteiger partial charge in [-0.3, -0.25) is 14.5 Å². The highest BCUT2D eigenvalue weighted by atomic mass is 35.5. The number of aromatic nitrogens is 4. The number of hydrogen-bond acceptors (Lipinski definition) is 16. The van der Waals surface area contributed by atoms with E-state index < -0.39 is 23.5 Å². The van der Waals surface area contributed by atoms with Crippen molar-refractivity contribution in [2.75, 3.05) is 112 Å². The lowest BCUT2D eigenvalue weighted by molar-refractivity contribution is -0.129. The van der Waals surface area contributed by atoms with Crippen LogP contribution in [0.25, 0.3) is 0 Å². The zero-order valence-electron chi connectivity index (χ0n) is 44.1. The van der Waals surface area contributed by atoms with Crippen LogP contribution >= 0.6 is 11.6 Å². The smallest absolute Gasteiger partial charge is 0.318 e. The third-order valence-electron chi connectivity index (χ3n) is 16.5. The Morgan fingerprint density at radius 3 is 1.78 bits per heavy atom. The van der Waals surface area contributed by atoms with E-state index >= 15 is 8.78 Å². The molecule has 78 heavy (non-hydrogen) atoms. The number of nitriles is 2. The lowest BCUT2D eigenvalue weighted by Gasteiger charge is -2.42. The van der Waals surface area contributed by atoms with Crippen LogP contribution in [0.1, 0.15) is 66.1 Å². The summed E-state index contributed by atoms with van der Waals surface area (Å²) in [5.74, 6) is -1.91. The largest absolute Gasteiger partial charge is 0.462 e. The predicted octanol–water partition coefficient (Wildman–Crippen LogP) is 6.04. The van der Waals surface area contributed by atoms with Crippen molar-refractivity contribution < 1.29 is 32.2 Å². The molecule has 2 amide bonds. The first-order valence-electron chi connectivity index (χ1n) is 26.7. The molecule has 0 spiro atoms. The fourth-order valence-corrected chi connectivity index (χ4v) is 12.4. The van der Waals surface area contributed by atoms with Crippen LogP contribution in [0.15, 0.2) is 55.6 Å².